The quantitative estimate of drug-likeness (QED) is 0.842. The monoisotopic (exact) mass is 313 g/mol. The van der Waals surface area contributed by atoms with Gasteiger partial charge in [-0.1, -0.05) is 29.8 Å². The second kappa shape index (κ2) is 6.75. The van der Waals surface area contributed by atoms with Gasteiger partial charge >= 0.3 is 0 Å². The van der Waals surface area contributed by atoms with Crippen molar-refractivity contribution in [3.05, 3.63) is 28.2 Å². The first-order valence-corrected chi connectivity index (χ1v) is 6.74. The number of carbonyl (C=O) groups is 1. The highest BCUT2D eigenvalue weighted by Gasteiger charge is 2.12. The summed E-state index contributed by atoms with van der Waals surface area (Å²) in [7, 11) is 0. The molecule has 4 nitrogen and oxygen atoms in total. The number of nitrogens with two attached hydrogens (primary N) is 2. The lowest BCUT2D eigenvalue weighted by atomic mass is 10.1. The molecule has 0 unspecified atom stereocenters. The van der Waals surface area contributed by atoms with Gasteiger partial charge in [0.1, 0.15) is 0 Å². The molecule has 1 rings (SSSR count). The van der Waals surface area contributed by atoms with E-state index in [1.54, 1.807) is 0 Å². The Morgan fingerprint density at radius 3 is 2.56 bits per heavy atom. The number of amides is 1. The van der Waals surface area contributed by atoms with Gasteiger partial charge in [0.15, 0.2) is 0 Å². The molecule has 0 saturated carbocycles. The number of hydrogen-bond acceptors (Lipinski definition) is 3. The van der Waals surface area contributed by atoms with E-state index in [0.717, 1.165) is 22.3 Å². The molecule has 0 aliphatic carbocycles. The average Bonchev–Trinajstić information content (AvgIpc) is 2.26. The van der Waals surface area contributed by atoms with Crippen LogP contribution in [0.15, 0.2) is 22.7 Å². The van der Waals surface area contributed by atoms with Gasteiger partial charge in [-0.15, -0.1) is 0 Å². The zero-order valence-corrected chi connectivity index (χ0v) is 12.4. The predicted molar refractivity (Wildman–Crippen MR) is 78.3 cm³/mol. The van der Waals surface area contributed by atoms with E-state index < -0.39 is 0 Å². The molecule has 1 aromatic carbocycles. The smallest absolute Gasteiger partial charge is 0.236 e. The molecule has 0 bridgehead atoms. The highest BCUT2D eigenvalue weighted by molar-refractivity contribution is 9.10. The fourth-order valence-corrected chi connectivity index (χ4v) is 2.35. The van der Waals surface area contributed by atoms with E-state index in [9.17, 15) is 4.79 Å². The number of benzene rings is 1. The van der Waals surface area contributed by atoms with Gasteiger partial charge in [0.25, 0.3) is 0 Å². The van der Waals surface area contributed by atoms with E-state index in [0.29, 0.717) is 12.5 Å². The van der Waals surface area contributed by atoms with Crippen molar-refractivity contribution in [1.82, 2.24) is 0 Å². The number of anilines is 1. The van der Waals surface area contributed by atoms with Gasteiger partial charge in [0, 0.05) is 23.2 Å². The fraction of sp³-hybridized carbons (Fsp3) is 0.462. The topological polar surface area (TPSA) is 72.3 Å². The van der Waals surface area contributed by atoms with Crippen molar-refractivity contribution in [3.8, 4) is 0 Å². The zero-order valence-electron chi connectivity index (χ0n) is 10.8. The Morgan fingerprint density at radius 1 is 1.39 bits per heavy atom. The first-order chi connectivity index (χ1) is 8.42. The number of rotatable bonds is 6. The number of carbonyl (C=O) groups excluding carboxylic acids is 1. The van der Waals surface area contributed by atoms with Crippen LogP contribution in [0.4, 0.5) is 5.69 Å². The summed E-state index contributed by atoms with van der Waals surface area (Å²) in [6.07, 6.45) is 0. The van der Waals surface area contributed by atoms with E-state index in [-0.39, 0.29) is 12.5 Å². The van der Waals surface area contributed by atoms with Gasteiger partial charge in [-0.05, 0) is 29.7 Å². The van der Waals surface area contributed by atoms with Gasteiger partial charge in [0.05, 0.1) is 6.54 Å². The summed E-state index contributed by atoms with van der Waals surface area (Å²) >= 11 is 3.46. The van der Waals surface area contributed by atoms with Gasteiger partial charge < -0.3 is 16.4 Å². The Balaban J connectivity index is 3.02. The normalized spacial score (nSPS) is 10.7. The molecule has 0 aromatic heterocycles. The first-order valence-electron chi connectivity index (χ1n) is 5.95. The number of nitrogens with zero attached hydrogens (tertiary/aromatic N) is 1. The molecule has 0 radical (unpaired) electrons. The van der Waals surface area contributed by atoms with Crippen LogP contribution in [0.25, 0.3) is 0 Å². The molecule has 1 aromatic rings. The minimum Gasteiger partial charge on any atom is -0.368 e. The van der Waals surface area contributed by atoms with Crippen LogP contribution in [0.2, 0.25) is 0 Å². The van der Waals surface area contributed by atoms with Crippen molar-refractivity contribution in [2.45, 2.75) is 20.4 Å². The van der Waals surface area contributed by atoms with Crippen LogP contribution in [0, 0.1) is 5.92 Å². The molecular formula is C13H20BrN3O. The molecule has 0 atom stereocenters. The third-order valence-corrected chi connectivity index (χ3v) is 2.93. The fourth-order valence-electron chi connectivity index (χ4n) is 1.82. The van der Waals surface area contributed by atoms with Crippen molar-refractivity contribution < 1.29 is 4.79 Å². The second-order valence-corrected chi connectivity index (χ2v) is 5.68. The lowest BCUT2D eigenvalue weighted by molar-refractivity contribution is -0.116. The standard InChI is InChI=1S/C13H20BrN3O/c1-9(2)7-17(8-13(16)18)12-4-10(6-15)3-11(14)5-12/h3-5,9H,6-8,15H2,1-2H3,(H2,16,18). The SMILES string of the molecule is CC(C)CN(CC(N)=O)c1cc(Br)cc(CN)c1. The maximum Gasteiger partial charge on any atom is 0.236 e. The van der Waals surface area contributed by atoms with E-state index in [2.05, 4.69) is 29.8 Å². The van der Waals surface area contributed by atoms with Crippen LogP contribution < -0.4 is 16.4 Å². The van der Waals surface area contributed by atoms with Crippen LogP contribution in [-0.2, 0) is 11.3 Å². The Bertz CT molecular complexity index is 421. The summed E-state index contributed by atoms with van der Waals surface area (Å²) in [5.74, 6) is 0.120. The molecule has 0 aliphatic rings. The molecule has 0 aliphatic heterocycles. The van der Waals surface area contributed by atoms with Gasteiger partial charge in [-0.3, -0.25) is 4.79 Å². The van der Waals surface area contributed by atoms with E-state index in [1.807, 2.05) is 23.1 Å². The third kappa shape index (κ3) is 4.66. The maximum atomic E-state index is 11.1. The minimum absolute atomic E-state index is 0.221. The molecule has 0 fully saturated rings. The second-order valence-electron chi connectivity index (χ2n) is 4.76. The highest BCUT2D eigenvalue weighted by atomic mass is 79.9. The summed E-state index contributed by atoms with van der Waals surface area (Å²) in [5.41, 5.74) is 13.0. The lowest BCUT2D eigenvalue weighted by Gasteiger charge is -2.26. The van der Waals surface area contributed by atoms with Crippen molar-refractivity contribution >= 4 is 27.5 Å². The van der Waals surface area contributed by atoms with E-state index in [4.69, 9.17) is 11.5 Å². The average molecular weight is 314 g/mol. The Hall–Kier alpha value is -1.07. The largest absolute Gasteiger partial charge is 0.368 e. The molecule has 100 valence electrons. The van der Waals surface area contributed by atoms with Crippen LogP contribution in [0.1, 0.15) is 19.4 Å². The molecule has 5 heteroatoms. The number of halogens is 1. The van der Waals surface area contributed by atoms with Crippen molar-refractivity contribution in [2.24, 2.45) is 17.4 Å². The summed E-state index contributed by atoms with van der Waals surface area (Å²) in [4.78, 5) is 13.1. The lowest BCUT2D eigenvalue weighted by Crippen LogP contribution is -2.36. The Labute approximate surface area is 116 Å². The Morgan fingerprint density at radius 2 is 2.06 bits per heavy atom. The molecule has 1 amide bonds. The van der Waals surface area contributed by atoms with Gasteiger partial charge in [-0.25, -0.2) is 0 Å². The number of primary amides is 1. The van der Waals surface area contributed by atoms with Crippen LogP contribution in [-0.4, -0.2) is 19.0 Å². The van der Waals surface area contributed by atoms with Crippen molar-refractivity contribution in [2.75, 3.05) is 18.0 Å². The van der Waals surface area contributed by atoms with Crippen LogP contribution >= 0.6 is 15.9 Å². The third-order valence-electron chi connectivity index (χ3n) is 2.48. The summed E-state index contributed by atoms with van der Waals surface area (Å²) < 4.78 is 0.957. The highest BCUT2D eigenvalue weighted by Crippen LogP contribution is 2.23. The van der Waals surface area contributed by atoms with E-state index in [1.165, 1.54) is 0 Å². The molecule has 0 heterocycles. The molecule has 18 heavy (non-hydrogen) atoms. The van der Waals surface area contributed by atoms with Gasteiger partial charge in [0.2, 0.25) is 5.91 Å². The summed E-state index contributed by atoms with van der Waals surface area (Å²) in [6.45, 7) is 5.69. The van der Waals surface area contributed by atoms with Crippen molar-refractivity contribution in [1.29, 1.82) is 0 Å². The summed E-state index contributed by atoms with van der Waals surface area (Å²) in [6, 6.07) is 5.95. The minimum atomic E-state index is -0.329. The predicted octanol–water partition coefficient (Wildman–Crippen LogP) is 1.86. The number of hydrogen-bond donors (Lipinski definition) is 2. The Kier molecular flexibility index (Phi) is 5.62. The maximum absolute atomic E-state index is 11.1. The van der Waals surface area contributed by atoms with Crippen LogP contribution in [0.3, 0.4) is 0 Å². The van der Waals surface area contributed by atoms with Gasteiger partial charge in [-0.2, -0.15) is 0 Å². The zero-order chi connectivity index (χ0) is 13.7. The molecule has 0 spiro atoms. The molecule has 0 saturated heterocycles. The molecular weight excluding hydrogens is 294 g/mol. The first kappa shape index (κ1) is 15.0. The summed E-state index contributed by atoms with van der Waals surface area (Å²) in [5, 5.41) is 0. The van der Waals surface area contributed by atoms with Crippen LogP contribution in [0.5, 0.6) is 0 Å². The molecule has 4 N–H and O–H groups in total. The van der Waals surface area contributed by atoms with Crippen molar-refractivity contribution in [3.63, 3.8) is 0 Å². The van der Waals surface area contributed by atoms with E-state index >= 15 is 0 Å².